The molecule has 1 heterocycles. The van der Waals surface area contributed by atoms with Crippen LogP contribution in [0.5, 0.6) is 0 Å². The van der Waals surface area contributed by atoms with E-state index in [1.54, 1.807) is 0 Å². The maximum Gasteiger partial charge on any atom is 0.410 e. The number of nitrogens with zero attached hydrogens (tertiary/aromatic N) is 1. The summed E-state index contributed by atoms with van der Waals surface area (Å²) in [4.78, 5) is 14.2. The number of carbonyl (C=O) groups excluding carboxylic acids is 1. The molecule has 1 unspecified atom stereocenters. The van der Waals surface area contributed by atoms with Gasteiger partial charge < -0.3 is 10.1 Å². The molecule has 110 valence electrons. The highest BCUT2D eigenvalue weighted by atomic mass is 16.6. The number of carbonyl (C=O) groups is 1. The predicted octanol–water partition coefficient (Wildman–Crippen LogP) is 2.96. The molecule has 4 nitrogen and oxygen atoms in total. The Morgan fingerprint density at radius 2 is 2.15 bits per heavy atom. The van der Waals surface area contributed by atoms with Crippen LogP contribution >= 0.6 is 0 Å². The zero-order chi connectivity index (χ0) is 14.2. The van der Waals surface area contributed by atoms with E-state index in [9.17, 15) is 4.79 Å². The van der Waals surface area contributed by atoms with Crippen molar-refractivity contribution in [2.75, 3.05) is 26.2 Å². The summed E-state index contributed by atoms with van der Waals surface area (Å²) in [6, 6.07) is 10.3. The Hall–Kier alpha value is -1.55. The Morgan fingerprint density at radius 1 is 1.35 bits per heavy atom. The monoisotopic (exact) mass is 276 g/mol. The Kier molecular flexibility index (Phi) is 5.87. The predicted molar refractivity (Wildman–Crippen MR) is 79.6 cm³/mol. The fourth-order valence-electron chi connectivity index (χ4n) is 2.50. The van der Waals surface area contributed by atoms with Crippen molar-refractivity contribution in [1.29, 1.82) is 0 Å². The molecule has 1 aromatic rings. The third kappa shape index (κ3) is 3.97. The molecule has 2 rings (SSSR count). The van der Waals surface area contributed by atoms with E-state index in [1.165, 1.54) is 5.56 Å². The van der Waals surface area contributed by atoms with Gasteiger partial charge in [-0.25, -0.2) is 4.79 Å². The molecule has 4 heteroatoms. The molecule has 1 aromatic carbocycles. The van der Waals surface area contributed by atoms with Crippen molar-refractivity contribution in [3.05, 3.63) is 35.9 Å². The van der Waals surface area contributed by atoms with Crippen LogP contribution in [0.3, 0.4) is 0 Å². The number of ether oxygens (including phenoxy) is 1. The summed E-state index contributed by atoms with van der Waals surface area (Å²) in [7, 11) is 0. The van der Waals surface area contributed by atoms with Gasteiger partial charge in [-0.3, -0.25) is 4.90 Å². The van der Waals surface area contributed by atoms with Crippen LogP contribution in [0.1, 0.15) is 37.8 Å². The second-order valence-electron chi connectivity index (χ2n) is 5.13. The minimum atomic E-state index is -0.184. The maximum atomic E-state index is 12.3. The molecule has 0 bridgehead atoms. The average Bonchev–Trinajstić information content (AvgIpc) is 2.74. The highest BCUT2D eigenvalue weighted by molar-refractivity contribution is 5.68. The SMILES string of the molecule is CCCCOC(=O)N1CCNCCC1c1ccccc1. The lowest BCUT2D eigenvalue weighted by atomic mass is 10.0. The molecule has 1 amide bonds. The van der Waals surface area contributed by atoms with Crippen LogP contribution in [-0.4, -0.2) is 37.2 Å². The largest absolute Gasteiger partial charge is 0.449 e. The second-order valence-corrected chi connectivity index (χ2v) is 5.13. The summed E-state index contributed by atoms with van der Waals surface area (Å²) in [5.74, 6) is 0. The van der Waals surface area contributed by atoms with E-state index < -0.39 is 0 Å². The van der Waals surface area contributed by atoms with E-state index in [0.29, 0.717) is 13.2 Å². The quantitative estimate of drug-likeness (QED) is 0.860. The Balaban J connectivity index is 2.07. The number of nitrogens with one attached hydrogen (secondary N) is 1. The number of rotatable bonds is 4. The average molecular weight is 276 g/mol. The third-order valence-corrected chi connectivity index (χ3v) is 3.64. The summed E-state index contributed by atoms with van der Waals surface area (Å²) < 4.78 is 5.39. The third-order valence-electron chi connectivity index (χ3n) is 3.64. The van der Waals surface area contributed by atoms with Gasteiger partial charge in [0.1, 0.15) is 0 Å². The van der Waals surface area contributed by atoms with Crippen LogP contribution in [0.15, 0.2) is 30.3 Å². The molecule has 0 saturated carbocycles. The van der Waals surface area contributed by atoms with Gasteiger partial charge in [0.15, 0.2) is 0 Å². The number of amides is 1. The summed E-state index contributed by atoms with van der Waals surface area (Å²) in [5, 5.41) is 3.35. The first kappa shape index (κ1) is 14.9. The summed E-state index contributed by atoms with van der Waals surface area (Å²) >= 11 is 0. The minimum Gasteiger partial charge on any atom is -0.449 e. The molecule has 1 saturated heterocycles. The lowest BCUT2D eigenvalue weighted by Gasteiger charge is -2.29. The van der Waals surface area contributed by atoms with E-state index in [2.05, 4.69) is 24.4 Å². The molecular formula is C16H24N2O2. The number of hydrogen-bond donors (Lipinski definition) is 1. The van der Waals surface area contributed by atoms with Crippen molar-refractivity contribution in [3.63, 3.8) is 0 Å². The van der Waals surface area contributed by atoms with Crippen molar-refractivity contribution in [3.8, 4) is 0 Å². The zero-order valence-electron chi connectivity index (χ0n) is 12.2. The lowest BCUT2D eigenvalue weighted by Crippen LogP contribution is -2.37. The summed E-state index contributed by atoms with van der Waals surface area (Å²) in [6.07, 6.45) is 2.70. The van der Waals surface area contributed by atoms with E-state index in [-0.39, 0.29) is 12.1 Å². The maximum absolute atomic E-state index is 12.3. The second kappa shape index (κ2) is 7.90. The first-order chi connectivity index (χ1) is 9.83. The fourth-order valence-corrected chi connectivity index (χ4v) is 2.50. The van der Waals surface area contributed by atoms with Gasteiger partial charge in [0.05, 0.1) is 12.6 Å². The van der Waals surface area contributed by atoms with E-state index in [1.807, 2.05) is 23.1 Å². The van der Waals surface area contributed by atoms with Gasteiger partial charge in [0, 0.05) is 13.1 Å². The molecule has 0 spiro atoms. The van der Waals surface area contributed by atoms with Gasteiger partial charge in [-0.15, -0.1) is 0 Å². The topological polar surface area (TPSA) is 41.6 Å². The van der Waals surface area contributed by atoms with Gasteiger partial charge >= 0.3 is 6.09 Å². The number of hydrogen-bond acceptors (Lipinski definition) is 3. The molecule has 20 heavy (non-hydrogen) atoms. The molecule has 1 aliphatic rings. The van der Waals surface area contributed by atoms with Crippen molar-refractivity contribution in [2.24, 2.45) is 0 Å². The molecular weight excluding hydrogens is 252 g/mol. The van der Waals surface area contributed by atoms with Crippen LogP contribution < -0.4 is 5.32 Å². The standard InChI is InChI=1S/C16H24N2O2/c1-2-3-13-20-16(19)18-12-11-17-10-9-15(18)14-7-5-4-6-8-14/h4-8,15,17H,2-3,9-13H2,1H3. The van der Waals surface area contributed by atoms with Crippen molar-refractivity contribution < 1.29 is 9.53 Å². The molecule has 0 aliphatic carbocycles. The van der Waals surface area contributed by atoms with E-state index >= 15 is 0 Å². The summed E-state index contributed by atoms with van der Waals surface area (Å²) in [5.41, 5.74) is 1.18. The van der Waals surface area contributed by atoms with Gasteiger partial charge in [0.2, 0.25) is 0 Å². The van der Waals surface area contributed by atoms with Gasteiger partial charge in [-0.05, 0) is 24.9 Å². The molecule has 1 atom stereocenters. The molecule has 0 radical (unpaired) electrons. The Bertz CT molecular complexity index is 408. The van der Waals surface area contributed by atoms with E-state index in [4.69, 9.17) is 4.74 Å². The molecule has 0 aromatic heterocycles. The van der Waals surface area contributed by atoms with Crippen molar-refractivity contribution in [2.45, 2.75) is 32.2 Å². The molecule has 1 N–H and O–H groups in total. The minimum absolute atomic E-state index is 0.111. The van der Waals surface area contributed by atoms with Gasteiger partial charge in [-0.2, -0.15) is 0 Å². The van der Waals surface area contributed by atoms with Crippen LogP contribution in [0.4, 0.5) is 4.79 Å². The van der Waals surface area contributed by atoms with Crippen LogP contribution in [0.25, 0.3) is 0 Å². The smallest absolute Gasteiger partial charge is 0.410 e. The Labute approximate surface area is 121 Å². The number of benzene rings is 1. The van der Waals surface area contributed by atoms with Crippen LogP contribution in [0, 0.1) is 0 Å². The highest BCUT2D eigenvalue weighted by Crippen LogP contribution is 2.25. The zero-order valence-corrected chi connectivity index (χ0v) is 12.2. The van der Waals surface area contributed by atoms with Crippen molar-refractivity contribution in [1.82, 2.24) is 10.2 Å². The lowest BCUT2D eigenvalue weighted by molar-refractivity contribution is 0.0870. The first-order valence-corrected chi connectivity index (χ1v) is 7.52. The van der Waals surface area contributed by atoms with Crippen LogP contribution in [-0.2, 0) is 4.74 Å². The van der Waals surface area contributed by atoms with Gasteiger partial charge in [-0.1, -0.05) is 43.7 Å². The van der Waals surface area contributed by atoms with Gasteiger partial charge in [0.25, 0.3) is 0 Å². The molecule has 1 fully saturated rings. The first-order valence-electron chi connectivity index (χ1n) is 7.52. The van der Waals surface area contributed by atoms with Crippen molar-refractivity contribution >= 4 is 6.09 Å². The van der Waals surface area contributed by atoms with E-state index in [0.717, 1.165) is 32.4 Å². The fraction of sp³-hybridized carbons (Fsp3) is 0.562. The summed E-state index contributed by atoms with van der Waals surface area (Å²) in [6.45, 7) is 5.06. The highest BCUT2D eigenvalue weighted by Gasteiger charge is 2.27. The number of unbranched alkanes of at least 4 members (excludes halogenated alkanes) is 1. The Morgan fingerprint density at radius 3 is 2.90 bits per heavy atom. The normalized spacial score (nSPS) is 19.4. The molecule has 1 aliphatic heterocycles. The van der Waals surface area contributed by atoms with Crippen LogP contribution in [0.2, 0.25) is 0 Å².